The third kappa shape index (κ3) is 3.10. The van der Waals surface area contributed by atoms with Gasteiger partial charge >= 0.3 is 0 Å². The van der Waals surface area contributed by atoms with E-state index < -0.39 is 11.2 Å². The Labute approximate surface area is 127 Å². The average Bonchev–Trinajstić information content (AvgIpc) is 2.49. The smallest absolute Gasteiger partial charge is 0.253 e. The third-order valence-electron chi connectivity index (χ3n) is 4.05. The van der Waals surface area contributed by atoms with Gasteiger partial charge in [0.25, 0.3) is 5.91 Å². The van der Waals surface area contributed by atoms with Crippen molar-refractivity contribution in [3.05, 3.63) is 34.6 Å². The molecular formula is C14H17ClFN3O2. The lowest BCUT2D eigenvalue weighted by molar-refractivity contribution is 0.0666. The van der Waals surface area contributed by atoms with Gasteiger partial charge in [0, 0.05) is 24.1 Å². The van der Waals surface area contributed by atoms with Crippen LogP contribution in [0.3, 0.4) is 0 Å². The lowest BCUT2D eigenvalue weighted by atomic mass is 9.79. The molecule has 0 atom stereocenters. The number of carbonyl (C=O) groups is 1. The van der Waals surface area contributed by atoms with Gasteiger partial charge in [0.2, 0.25) is 0 Å². The first-order valence-electron chi connectivity index (χ1n) is 6.60. The van der Waals surface area contributed by atoms with E-state index in [1.165, 1.54) is 12.1 Å². The Morgan fingerprint density at radius 2 is 2.10 bits per heavy atom. The van der Waals surface area contributed by atoms with Crippen molar-refractivity contribution in [3.63, 3.8) is 0 Å². The van der Waals surface area contributed by atoms with Crippen molar-refractivity contribution in [3.8, 4) is 0 Å². The molecule has 114 valence electrons. The Bertz CT molecular complexity index is 584. The molecule has 1 fully saturated rings. The molecule has 1 aliphatic rings. The van der Waals surface area contributed by atoms with Crippen LogP contribution < -0.4 is 5.73 Å². The van der Waals surface area contributed by atoms with Crippen LogP contribution in [-0.4, -0.2) is 34.9 Å². The SMILES string of the molecule is CC1(/C(N)=N/O)CCN(C(=O)c2ccc(Cl)c(F)c2)CC1. The van der Waals surface area contributed by atoms with Gasteiger partial charge in [-0.25, -0.2) is 4.39 Å². The molecule has 0 aromatic heterocycles. The normalized spacial score (nSPS) is 18.6. The minimum atomic E-state index is -0.610. The van der Waals surface area contributed by atoms with E-state index in [1.807, 2.05) is 6.92 Å². The number of benzene rings is 1. The van der Waals surface area contributed by atoms with Gasteiger partial charge in [0.05, 0.1) is 5.02 Å². The van der Waals surface area contributed by atoms with Gasteiger partial charge in [0.1, 0.15) is 11.7 Å². The Morgan fingerprint density at radius 3 is 2.62 bits per heavy atom. The fraction of sp³-hybridized carbons (Fsp3) is 0.429. The molecule has 7 heteroatoms. The highest BCUT2D eigenvalue weighted by Crippen LogP contribution is 2.31. The zero-order valence-corrected chi connectivity index (χ0v) is 12.4. The van der Waals surface area contributed by atoms with Crippen molar-refractivity contribution >= 4 is 23.3 Å². The molecule has 0 saturated carbocycles. The summed E-state index contributed by atoms with van der Waals surface area (Å²) >= 11 is 5.61. The number of nitrogens with zero attached hydrogens (tertiary/aromatic N) is 2. The second-order valence-electron chi connectivity index (χ2n) is 5.47. The number of oxime groups is 1. The first-order valence-corrected chi connectivity index (χ1v) is 6.97. The molecule has 1 heterocycles. The maximum Gasteiger partial charge on any atom is 0.253 e. The molecule has 2 rings (SSSR count). The van der Waals surface area contributed by atoms with Gasteiger partial charge in [-0.3, -0.25) is 4.79 Å². The highest BCUT2D eigenvalue weighted by atomic mass is 35.5. The molecule has 1 aromatic carbocycles. The molecule has 1 saturated heterocycles. The van der Waals surface area contributed by atoms with E-state index in [0.717, 1.165) is 6.07 Å². The summed E-state index contributed by atoms with van der Waals surface area (Å²) in [5.41, 5.74) is 5.53. The Hall–Kier alpha value is -1.82. The molecule has 0 aliphatic carbocycles. The van der Waals surface area contributed by atoms with Gasteiger partial charge in [-0.15, -0.1) is 0 Å². The Morgan fingerprint density at radius 1 is 1.48 bits per heavy atom. The van der Waals surface area contributed by atoms with Crippen molar-refractivity contribution in [1.29, 1.82) is 0 Å². The summed E-state index contributed by atoms with van der Waals surface area (Å²) in [6.07, 6.45) is 1.18. The van der Waals surface area contributed by atoms with Crippen LogP contribution in [0, 0.1) is 11.2 Å². The molecule has 0 bridgehead atoms. The molecule has 0 radical (unpaired) electrons. The molecular weight excluding hydrogens is 297 g/mol. The minimum Gasteiger partial charge on any atom is -0.409 e. The summed E-state index contributed by atoms with van der Waals surface area (Å²) in [5, 5.41) is 11.8. The lowest BCUT2D eigenvalue weighted by Crippen LogP contribution is -2.47. The third-order valence-corrected chi connectivity index (χ3v) is 4.35. The zero-order chi connectivity index (χ0) is 15.6. The number of hydrogen-bond acceptors (Lipinski definition) is 3. The summed E-state index contributed by atoms with van der Waals surface area (Å²) in [4.78, 5) is 14.0. The largest absolute Gasteiger partial charge is 0.409 e. The fourth-order valence-electron chi connectivity index (χ4n) is 2.39. The average molecular weight is 314 g/mol. The van der Waals surface area contributed by atoms with Gasteiger partial charge in [-0.1, -0.05) is 23.7 Å². The van der Waals surface area contributed by atoms with Crippen molar-refractivity contribution < 1.29 is 14.4 Å². The van der Waals surface area contributed by atoms with E-state index in [4.69, 9.17) is 22.5 Å². The molecule has 1 aromatic rings. The van der Waals surface area contributed by atoms with Gasteiger partial charge in [-0.2, -0.15) is 0 Å². The lowest BCUT2D eigenvalue weighted by Gasteiger charge is -2.38. The number of amidine groups is 1. The Kier molecular flexibility index (Phi) is 4.37. The molecule has 1 amide bonds. The van der Waals surface area contributed by atoms with Crippen LogP contribution in [0.15, 0.2) is 23.4 Å². The first-order chi connectivity index (χ1) is 9.87. The maximum absolute atomic E-state index is 13.4. The number of carbonyl (C=O) groups excluding carboxylic acids is 1. The van der Waals surface area contributed by atoms with Crippen LogP contribution in [0.25, 0.3) is 0 Å². The number of nitrogens with two attached hydrogens (primary N) is 1. The summed E-state index contributed by atoms with van der Waals surface area (Å²) in [6, 6.07) is 4.02. The van der Waals surface area contributed by atoms with E-state index in [1.54, 1.807) is 4.90 Å². The number of rotatable bonds is 2. The van der Waals surface area contributed by atoms with Crippen LogP contribution in [-0.2, 0) is 0 Å². The van der Waals surface area contributed by atoms with Crippen molar-refractivity contribution in [1.82, 2.24) is 4.90 Å². The van der Waals surface area contributed by atoms with E-state index in [0.29, 0.717) is 25.9 Å². The van der Waals surface area contributed by atoms with Crippen LogP contribution >= 0.6 is 11.6 Å². The van der Waals surface area contributed by atoms with E-state index in [-0.39, 0.29) is 22.3 Å². The predicted octanol–water partition coefficient (Wildman–Crippen LogP) is 2.47. The molecule has 0 unspecified atom stereocenters. The predicted molar refractivity (Wildman–Crippen MR) is 78.1 cm³/mol. The monoisotopic (exact) mass is 313 g/mol. The van der Waals surface area contributed by atoms with Crippen LogP contribution in [0.1, 0.15) is 30.1 Å². The van der Waals surface area contributed by atoms with E-state index >= 15 is 0 Å². The number of likely N-dealkylation sites (tertiary alicyclic amines) is 1. The number of halogens is 2. The topological polar surface area (TPSA) is 78.9 Å². The fourth-order valence-corrected chi connectivity index (χ4v) is 2.51. The van der Waals surface area contributed by atoms with Crippen molar-refractivity contribution in [2.45, 2.75) is 19.8 Å². The van der Waals surface area contributed by atoms with E-state index in [9.17, 15) is 9.18 Å². The van der Waals surface area contributed by atoms with Gasteiger partial charge in [0.15, 0.2) is 0 Å². The Balaban J connectivity index is 2.08. The first kappa shape index (κ1) is 15.6. The van der Waals surface area contributed by atoms with Gasteiger partial charge < -0.3 is 15.8 Å². The molecule has 0 spiro atoms. The second kappa shape index (κ2) is 5.89. The summed E-state index contributed by atoms with van der Waals surface area (Å²) < 4.78 is 13.4. The summed E-state index contributed by atoms with van der Waals surface area (Å²) in [5.74, 6) is -0.680. The van der Waals surface area contributed by atoms with Crippen LogP contribution in [0.4, 0.5) is 4.39 Å². The molecule has 5 nitrogen and oxygen atoms in total. The minimum absolute atomic E-state index is 0.00954. The highest BCUT2D eigenvalue weighted by molar-refractivity contribution is 6.30. The molecule has 21 heavy (non-hydrogen) atoms. The molecule has 1 aliphatic heterocycles. The zero-order valence-electron chi connectivity index (χ0n) is 11.6. The highest BCUT2D eigenvalue weighted by Gasteiger charge is 2.35. The number of hydrogen-bond donors (Lipinski definition) is 2. The summed E-state index contributed by atoms with van der Waals surface area (Å²) in [6.45, 7) is 2.83. The quantitative estimate of drug-likeness (QED) is 0.381. The standard InChI is InChI=1S/C14H17ClFN3O2/c1-14(13(17)18-21)4-6-19(7-5-14)12(20)9-2-3-10(15)11(16)8-9/h2-3,8,21H,4-7H2,1H3,(H2,17,18). The second-order valence-corrected chi connectivity index (χ2v) is 5.87. The number of amides is 1. The maximum atomic E-state index is 13.4. The molecule has 3 N–H and O–H groups in total. The van der Waals surface area contributed by atoms with E-state index in [2.05, 4.69) is 5.16 Å². The van der Waals surface area contributed by atoms with Gasteiger partial charge in [-0.05, 0) is 31.0 Å². The number of piperidine rings is 1. The van der Waals surface area contributed by atoms with Crippen molar-refractivity contribution in [2.75, 3.05) is 13.1 Å². The summed E-state index contributed by atoms with van der Waals surface area (Å²) in [7, 11) is 0. The van der Waals surface area contributed by atoms with Crippen LogP contribution in [0.5, 0.6) is 0 Å². The van der Waals surface area contributed by atoms with Crippen molar-refractivity contribution in [2.24, 2.45) is 16.3 Å². The van der Waals surface area contributed by atoms with Crippen LogP contribution in [0.2, 0.25) is 5.02 Å².